The van der Waals surface area contributed by atoms with Crippen molar-refractivity contribution in [3.05, 3.63) is 36.0 Å². The van der Waals surface area contributed by atoms with Crippen LogP contribution in [0.5, 0.6) is 0 Å². The molecule has 0 spiro atoms. The highest BCUT2D eigenvalue weighted by Crippen LogP contribution is 2.31. The highest BCUT2D eigenvalue weighted by Gasteiger charge is 2.33. The van der Waals surface area contributed by atoms with Crippen LogP contribution in [0.3, 0.4) is 0 Å². The molecule has 3 rings (SSSR count). The highest BCUT2D eigenvalue weighted by atomic mass is 19.1. The predicted molar refractivity (Wildman–Crippen MR) is 88.8 cm³/mol. The Hall–Kier alpha value is -2.97. The molecule has 1 N–H and O–H groups in total. The van der Waals surface area contributed by atoms with E-state index in [1.165, 1.54) is 24.1 Å². The van der Waals surface area contributed by atoms with E-state index >= 15 is 0 Å². The molecule has 2 aliphatic rings. The molecule has 2 amide bonds. The quantitative estimate of drug-likeness (QED) is 0.879. The van der Waals surface area contributed by atoms with E-state index in [-0.39, 0.29) is 49.1 Å². The zero-order chi connectivity index (χ0) is 18.8. The van der Waals surface area contributed by atoms with Crippen LogP contribution in [0.1, 0.15) is 13.3 Å². The van der Waals surface area contributed by atoms with Gasteiger partial charge < -0.3 is 15.0 Å². The Morgan fingerprint density at radius 3 is 2.58 bits per heavy atom. The molecule has 2 aliphatic heterocycles. The Balaban J connectivity index is 1.79. The summed E-state index contributed by atoms with van der Waals surface area (Å²) in [6, 6.07) is 2.09. The molecule has 7 nitrogen and oxygen atoms in total. The van der Waals surface area contributed by atoms with Gasteiger partial charge in [0.25, 0.3) is 0 Å². The molecule has 1 aromatic carbocycles. The first-order chi connectivity index (χ1) is 12.3. The van der Waals surface area contributed by atoms with Gasteiger partial charge in [0.2, 0.25) is 5.91 Å². The lowest BCUT2D eigenvalue weighted by Gasteiger charge is -2.25. The Kier molecular flexibility index (Phi) is 4.88. The zero-order valence-electron chi connectivity index (χ0n) is 14.0. The average Bonchev–Trinajstić information content (AvgIpc) is 2.95. The zero-order valence-corrected chi connectivity index (χ0v) is 14.0. The van der Waals surface area contributed by atoms with Crippen LogP contribution >= 0.6 is 0 Å². The van der Waals surface area contributed by atoms with Gasteiger partial charge in [0, 0.05) is 38.2 Å². The maximum atomic E-state index is 14.5. The number of anilines is 2. The van der Waals surface area contributed by atoms with E-state index in [1.807, 2.05) is 0 Å². The fourth-order valence-corrected chi connectivity index (χ4v) is 2.83. The number of nitrogens with zero attached hydrogens (tertiary/aromatic N) is 2. The maximum absolute atomic E-state index is 14.5. The van der Waals surface area contributed by atoms with Crippen LogP contribution in [0, 0.1) is 11.6 Å². The summed E-state index contributed by atoms with van der Waals surface area (Å²) in [4.78, 5) is 36.5. The second-order valence-corrected chi connectivity index (χ2v) is 6.04. The van der Waals surface area contributed by atoms with Gasteiger partial charge in [0.1, 0.15) is 11.8 Å². The van der Waals surface area contributed by atoms with Crippen molar-refractivity contribution in [2.45, 2.75) is 19.4 Å². The summed E-state index contributed by atoms with van der Waals surface area (Å²) in [5, 5.41) is 2.53. The maximum Gasteiger partial charge on any atom is 0.414 e. The lowest BCUT2D eigenvalue weighted by molar-refractivity contribution is -0.119. The van der Waals surface area contributed by atoms with Gasteiger partial charge >= 0.3 is 6.09 Å². The number of halogens is 2. The van der Waals surface area contributed by atoms with Crippen molar-refractivity contribution in [2.75, 3.05) is 29.4 Å². The van der Waals surface area contributed by atoms with Gasteiger partial charge in [-0.25, -0.2) is 13.6 Å². The summed E-state index contributed by atoms with van der Waals surface area (Å²) >= 11 is 0. The number of hydrogen-bond acceptors (Lipinski definition) is 5. The Bertz CT molecular complexity index is 773. The monoisotopic (exact) mass is 365 g/mol. The summed E-state index contributed by atoms with van der Waals surface area (Å²) in [6.45, 7) is 1.69. The first-order valence-electron chi connectivity index (χ1n) is 8.04. The number of carbonyl (C=O) groups is 3. The third-order valence-corrected chi connectivity index (χ3v) is 4.09. The van der Waals surface area contributed by atoms with E-state index in [0.717, 1.165) is 17.0 Å². The second-order valence-electron chi connectivity index (χ2n) is 6.04. The van der Waals surface area contributed by atoms with E-state index in [9.17, 15) is 23.2 Å². The van der Waals surface area contributed by atoms with Crippen molar-refractivity contribution in [1.29, 1.82) is 0 Å². The van der Waals surface area contributed by atoms with Crippen LogP contribution in [0.15, 0.2) is 24.4 Å². The van der Waals surface area contributed by atoms with E-state index in [2.05, 4.69) is 5.32 Å². The van der Waals surface area contributed by atoms with Gasteiger partial charge in [-0.1, -0.05) is 0 Å². The van der Waals surface area contributed by atoms with Crippen LogP contribution in [-0.2, 0) is 14.3 Å². The summed E-state index contributed by atoms with van der Waals surface area (Å²) in [6.07, 6.45) is 1.42. The first kappa shape index (κ1) is 17.8. The minimum atomic E-state index is -0.850. The number of allylic oxidation sites excluding steroid dienone is 1. The lowest BCUT2D eigenvalue weighted by atomic mass is 10.1. The van der Waals surface area contributed by atoms with E-state index in [0.29, 0.717) is 0 Å². The Labute approximate surface area is 148 Å². The highest BCUT2D eigenvalue weighted by molar-refractivity contribution is 5.92. The topological polar surface area (TPSA) is 79.0 Å². The summed E-state index contributed by atoms with van der Waals surface area (Å²) < 4.78 is 34.1. The third kappa shape index (κ3) is 3.66. The van der Waals surface area contributed by atoms with Crippen molar-refractivity contribution in [1.82, 2.24) is 5.32 Å². The summed E-state index contributed by atoms with van der Waals surface area (Å²) in [5.74, 6) is -2.08. The molecule has 1 atom stereocenters. The van der Waals surface area contributed by atoms with Gasteiger partial charge in [-0.15, -0.1) is 0 Å². The standard InChI is InChI=1S/C17H17F2N3O4/c1-10(23)20-8-13-9-22(17(25)26-13)11-6-14(18)16(15(19)7-11)21-4-2-12(24)3-5-21/h2,4,6-7,13H,3,5,8-9H2,1H3,(H,20,23). The Morgan fingerprint density at radius 2 is 2.00 bits per heavy atom. The number of nitrogens with one attached hydrogen (secondary N) is 1. The van der Waals surface area contributed by atoms with Crippen LogP contribution < -0.4 is 15.1 Å². The van der Waals surface area contributed by atoms with Crippen molar-refractivity contribution < 1.29 is 27.9 Å². The number of amides is 2. The van der Waals surface area contributed by atoms with Crippen LogP contribution in [0.2, 0.25) is 0 Å². The average molecular weight is 365 g/mol. The van der Waals surface area contributed by atoms with Gasteiger partial charge in [-0.2, -0.15) is 0 Å². The number of benzene rings is 1. The largest absolute Gasteiger partial charge is 0.442 e. The summed E-state index contributed by atoms with van der Waals surface area (Å²) in [5.41, 5.74) is -0.254. The molecule has 0 aliphatic carbocycles. The van der Waals surface area contributed by atoms with Gasteiger partial charge in [0.15, 0.2) is 17.4 Å². The molecular weight excluding hydrogens is 348 g/mol. The molecule has 0 saturated carbocycles. The minimum absolute atomic E-state index is 0.0242. The van der Waals surface area contributed by atoms with Crippen molar-refractivity contribution in [2.24, 2.45) is 0 Å². The number of ether oxygens (including phenoxy) is 1. The molecular formula is C17H17F2N3O4. The predicted octanol–water partition coefficient (Wildman–Crippen LogP) is 1.72. The van der Waals surface area contributed by atoms with E-state index in [1.54, 1.807) is 0 Å². The van der Waals surface area contributed by atoms with Gasteiger partial charge in [0.05, 0.1) is 18.8 Å². The molecule has 1 saturated heterocycles. The van der Waals surface area contributed by atoms with Crippen molar-refractivity contribution >= 4 is 29.2 Å². The molecule has 9 heteroatoms. The van der Waals surface area contributed by atoms with Crippen LogP contribution in [0.4, 0.5) is 25.0 Å². The number of cyclic esters (lactones) is 1. The van der Waals surface area contributed by atoms with E-state index in [4.69, 9.17) is 4.74 Å². The number of rotatable bonds is 4. The fourth-order valence-electron chi connectivity index (χ4n) is 2.83. The minimum Gasteiger partial charge on any atom is -0.442 e. The van der Waals surface area contributed by atoms with Gasteiger partial charge in [-0.05, 0) is 6.08 Å². The number of carbonyl (C=O) groups excluding carboxylic acids is 3. The molecule has 138 valence electrons. The smallest absolute Gasteiger partial charge is 0.414 e. The normalized spacial score (nSPS) is 19.7. The van der Waals surface area contributed by atoms with Crippen LogP contribution in [0.25, 0.3) is 0 Å². The molecule has 1 unspecified atom stereocenters. The molecule has 0 bridgehead atoms. The summed E-state index contributed by atoms with van der Waals surface area (Å²) in [7, 11) is 0. The molecule has 0 radical (unpaired) electrons. The Morgan fingerprint density at radius 1 is 1.31 bits per heavy atom. The third-order valence-electron chi connectivity index (χ3n) is 4.09. The SMILES string of the molecule is CC(=O)NCC1CN(c2cc(F)c(N3C=CC(=O)CC3)c(F)c2)C(=O)O1. The number of ketones is 1. The van der Waals surface area contributed by atoms with Crippen molar-refractivity contribution in [3.63, 3.8) is 0 Å². The number of hydrogen-bond donors (Lipinski definition) is 1. The molecule has 1 aromatic rings. The second kappa shape index (κ2) is 7.11. The first-order valence-corrected chi connectivity index (χ1v) is 8.04. The van der Waals surface area contributed by atoms with Crippen LogP contribution in [-0.4, -0.2) is 43.5 Å². The van der Waals surface area contributed by atoms with E-state index < -0.39 is 23.8 Å². The molecule has 2 heterocycles. The van der Waals surface area contributed by atoms with Crippen molar-refractivity contribution in [3.8, 4) is 0 Å². The lowest BCUT2D eigenvalue weighted by Crippen LogP contribution is -2.33. The fraction of sp³-hybridized carbons (Fsp3) is 0.353. The molecule has 1 fully saturated rings. The van der Waals surface area contributed by atoms with Gasteiger partial charge in [-0.3, -0.25) is 14.5 Å². The molecule has 0 aromatic heterocycles. The molecule has 26 heavy (non-hydrogen) atoms.